The molecular weight excluding hydrogens is 651 g/mol. The van der Waals surface area contributed by atoms with Crippen LogP contribution < -0.4 is 30.2 Å². The van der Waals surface area contributed by atoms with Crippen LogP contribution in [0, 0.1) is 0 Å². The van der Waals surface area contributed by atoms with E-state index in [1.54, 1.807) is 87.9 Å². The minimum absolute atomic E-state index is 0.0522. The summed E-state index contributed by atoms with van der Waals surface area (Å²) in [6, 6.07) is 38.1. The molecule has 0 radical (unpaired) electrons. The Morgan fingerprint density at radius 1 is 0.700 bits per heavy atom. The zero-order chi connectivity index (χ0) is 35.3. The van der Waals surface area contributed by atoms with Crippen molar-refractivity contribution in [2.24, 2.45) is 0 Å². The highest BCUT2D eigenvalue weighted by Gasteiger charge is 2.18. The van der Waals surface area contributed by atoms with Gasteiger partial charge in [-0.15, -0.1) is 11.8 Å². The van der Waals surface area contributed by atoms with Gasteiger partial charge in [-0.3, -0.25) is 14.4 Å². The summed E-state index contributed by atoms with van der Waals surface area (Å²) >= 11 is 1.33. The molecule has 9 nitrogen and oxygen atoms in total. The maximum absolute atomic E-state index is 13.6. The zero-order valence-electron chi connectivity index (χ0n) is 27.8. The summed E-state index contributed by atoms with van der Waals surface area (Å²) in [5.41, 5.74) is 3.24. The van der Waals surface area contributed by atoms with Crippen molar-refractivity contribution in [1.29, 1.82) is 0 Å². The van der Waals surface area contributed by atoms with Gasteiger partial charge in [-0.05, 0) is 66.6 Å². The third-order valence-electron chi connectivity index (χ3n) is 7.36. The van der Waals surface area contributed by atoms with E-state index in [2.05, 4.69) is 16.0 Å². The van der Waals surface area contributed by atoms with Gasteiger partial charge in [0.25, 0.3) is 11.8 Å². The predicted octanol–water partition coefficient (Wildman–Crippen LogP) is 7.81. The van der Waals surface area contributed by atoms with Gasteiger partial charge >= 0.3 is 0 Å². The minimum atomic E-state index is -0.515. The van der Waals surface area contributed by atoms with Crippen molar-refractivity contribution >= 4 is 46.9 Å². The molecule has 0 aliphatic heterocycles. The summed E-state index contributed by atoms with van der Waals surface area (Å²) in [4.78, 5) is 40.6. The number of carbonyl (C=O) groups is 3. The molecule has 10 heteroatoms. The van der Waals surface area contributed by atoms with Gasteiger partial charge in [-0.25, -0.2) is 0 Å². The maximum atomic E-state index is 13.6. The lowest BCUT2D eigenvalue weighted by atomic mass is 10.1. The lowest BCUT2D eigenvalue weighted by Gasteiger charge is -2.15. The van der Waals surface area contributed by atoms with Crippen molar-refractivity contribution in [1.82, 2.24) is 5.32 Å². The Bertz CT molecular complexity index is 1930. The van der Waals surface area contributed by atoms with Gasteiger partial charge in [-0.1, -0.05) is 66.7 Å². The summed E-state index contributed by atoms with van der Waals surface area (Å²) < 4.78 is 16.5. The van der Waals surface area contributed by atoms with Crippen LogP contribution in [0.2, 0.25) is 0 Å². The molecule has 3 amide bonds. The Balaban J connectivity index is 1.28. The number of ether oxygens (including phenoxy) is 3. The number of hydrogen-bond donors (Lipinski definition) is 3. The molecular formula is C40H37N3O6S. The highest BCUT2D eigenvalue weighted by Crippen LogP contribution is 2.29. The zero-order valence-corrected chi connectivity index (χ0v) is 28.7. The average Bonchev–Trinajstić information content (AvgIpc) is 3.14. The Labute approximate surface area is 295 Å². The molecule has 0 saturated heterocycles. The van der Waals surface area contributed by atoms with Crippen LogP contribution in [0.3, 0.4) is 0 Å². The van der Waals surface area contributed by atoms with Gasteiger partial charge < -0.3 is 30.2 Å². The first-order valence-corrected chi connectivity index (χ1v) is 16.6. The number of rotatable bonds is 14. The van der Waals surface area contributed by atoms with Crippen molar-refractivity contribution in [3.63, 3.8) is 0 Å². The number of anilines is 2. The van der Waals surface area contributed by atoms with Crippen LogP contribution in [-0.4, -0.2) is 37.2 Å². The van der Waals surface area contributed by atoms with Crippen LogP contribution in [0.4, 0.5) is 11.4 Å². The molecule has 1 unspecified atom stereocenters. The third kappa shape index (κ3) is 10.2. The van der Waals surface area contributed by atoms with E-state index in [-0.39, 0.29) is 11.6 Å². The van der Waals surface area contributed by atoms with Gasteiger partial charge in [0.1, 0.15) is 29.6 Å². The molecule has 5 aromatic rings. The third-order valence-corrected chi connectivity index (χ3v) is 8.45. The highest BCUT2D eigenvalue weighted by molar-refractivity contribution is 8.00. The molecule has 1 atom stereocenters. The quantitative estimate of drug-likeness (QED) is 0.0806. The fraction of sp³-hybridized carbons (Fsp3) is 0.125. The Morgan fingerprint density at radius 2 is 1.36 bits per heavy atom. The molecule has 254 valence electrons. The first kappa shape index (κ1) is 35.3. The van der Waals surface area contributed by atoms with Crippen molar-refractivity contribution in [3.05, 3.63) is 150 Å². The number of hydrogen-bond acceptors (Lipinski definition) is 7. The summed E-state index contributed by atoms with van der Waals surface area (Å²) in [7, 11) is 3.09. The van der Waals surface area contributed by atoms with E-state index in [9.17, 15) is 14.4 Å². The number of benzene rings is 5. The molecule has 0 spiro atoms. The lowest BCUT2D eigenvalue weighted by Crippen LogP contribution is -2.30. The minimum Gasteiger partial charge on any atom is -0.497 e. The number of methoxy groups -OCH3 is 2. The molecule has 0 aromatic heterocycles. The average molecular weight is 688 g/mol. The van der Waals surface area contributed by atoms with Crippen LogP contribution in [0.1, 0.15) is 28.4 Å². The molecule has 50 heavy (non-hydrogen) atoms. The van der Waals surface area contributed by atoms with Gasteiger partial charge in [-0.2, -0.15) is 0 Å². The normalized spacial score (nSPS) is 11.5. The number of carbonyl (C=O) groups excluding carboxylic acids is 3. The second-order valence-electron chi connectivity index (χ2n) is 11.1. The second-order valence-corrected chi connectivity index (χ2v) is 12.5. The van der Waals surface area contributed by atoms with E-state index >= 15 is 0 Å². The van der Waals surface area contributed by atoms with Crippen molar-refractivity contribution < 1.29 is 28.6 Å². The molecule has 5 rings (SSSR count). The van der Waals surface area contributed by atoms with Crippen molar-refractivity contribution in [2.75, 3.05) is 24.9 Å². The number of amides is 3. The van der Waals surface area contributed by atoms with Crippen molar-refractivity contribution in [3.8, 4) is 17.2 Å². The predicted molar refractivity (Wildman–Crippen MR) is 198 cm³/mol. The van der Waals surface area contributed by atoms with E-state index in [4.69, 9.17) is 14.2 Å². The number of thioether (sulfide) groups is 1. The summed E-state index contributed by atoms with van der Waals surface area (Å²) in [5.74, 6) is 0.630. The van der Waals surface area contributed by atoms with E-state index < -0.39 is 17.1 Å². The molecule has 0 aliphatic carbocycles. The summed E-state index contributed by atoms with van der Waals surface area (Å²) in [6.45, 7) is 2.22. The monoisotopic (exact) mass is 687 g/mol. The first-order valence-electron chi connectivity index (χ1n) is 15.8. The maximum Gasteiger partial charge on any atom is 0.272 e. The fourth-order valence-corrected chi connectivity index (χ4v) is 5.66. The molecule has 3 N–H and O–H groups in total. The first-order chi connectivity index (χ1) is 24.3. The molecule has 0 fully saturated rings. The summed E-state index contributed by atoms with van der Waals surface area (Å²) in [5, 5.41) is 8.08. The SMILES string of the molecule is COc1cc(NC(=O)C(C)Sc2cccc(NC(=O)/C(=C\c3ccc(OCc4ccccc4)cc3)NC(=O)c3ccccc3)c2)cc(OC)c1. The van der Waals surface area contributed by atoms with Crippen LogP contribution >= 0.6 is 11.8 Å². The summed E-state index contributed by atoms with van der Waals surface area (Å²) in [6.07, 6.45) is 1.61. The standard InChI is InChI=1S/C40H37N3O6S/c1-27(38(44)42-32-22-34(47-2)25-35(23-32)48-3)50-36-16-10-15-31(24-36)41-40(46)37(43-39(45)30-13-8-5-9-14-30)21-28-17-19-33(20-18-28)49-26-29-11-6-4-7-12-29/h4-25,27H,26H2,1-3H3,(H,41,46)(H,42,44)(H,43,45)/b37-21+. The molecule has 0 aliphatic rings. The van der Waals surface area contributed by atoms with Gasteiger partial charge in [0.15, 0.2) is 0 Å². The van der Waals surface area contributed by atoms with Crippen LogP contribution in [0.5, 0.6) is 17.2 Å². The van der Waals surface area contributed by atoms with E-state index in [0.717, 1.165) is 10.5 Å². The highest BCUT2D eigenvalue weighted by atomic mass is 32.2. The topological polar surface area (TPSA) is 115 Å². The molecule has 0 heterocycles. The molecule has 0 saturated carbocycles. The van der Waals surface area contributed by atoms with Crippen molar-refractivity contribution in [2.45, 2.75) is 23.7 Å². The molecule has 5 aromatic carbocycles. The largest absolute Gasteiger partial charge is 0.497 e. The lowest BCUT2D eigenvalue weighted by molar-refractivity contribution is -0.115. The van der Waals surface area contributed by atoms with E-state index in [1.807, 2.05) is 66.7 Å². The second kappa shape index (κ2) is 17.4. The Hall–Kier alpha value is -6.00. The van der Waals surface area contributed by atoms with E-state index in [0.29, 0.717) is 46.4 Å². The Kier molecular flexibility index (Phi) is 12.3. The molecule has 0 bridgehead atoms. The van der Waals surface area contributed by atoms with Gasteiger partial charge in [0.2, 0.25) is 5.91 Å². The van der Waals surface area contributed by atoms with Crippen LogP contribution in [0.15, 0.2) is 138 Å². The Morgan fingerprint density at radius 3 is 2.02 bits per heavy atom. The van der Waals surface area contributed by atoms with Crippen LogP contribution in [0.25, 0.3) is 6.08 Å². The smallest absolute Gasteiger partial charge is 0.272 e. The fourth-order valence-electron chi connectivity index (χ4n) is 4.74. The van der Waals surface area contributed by atoms with Crippen LogP contribution in [-0.2, 0) is 16.2 Å². The number of nitrogens with one attached hydrogen (secondary N) is 3. The van der Waals surface area contributed by atoms with Gasteiger partial charge in [0, 0.05) is 40.0 Å². The van der Waals surface area contributed by atoms with E-state index in [1.165, 1.54) is 11.8 Å². The van der Waals surface area contributed by atoms with Gasteiger partial charge in [0.05, 0.1) is 19.5 Å².